The SMILES string of the molecule is CCCC(=O)Nc1cccc(CN(C)C)c1.NCC1CCN(C(=O)c2ccccc2)CC1.c1ccc2[nH]ccc2c1. The second-order valence-corrected chi connectivity index (χ2v) is 10.6. The third kappa shape index (κ3) is 10.9. The van der Waals surface area contributed by atoms with E-state index in [2.05, 4.69) is 39.5 Å². The van der Waals surface area contributed by atoms with Gasteiger partial charge in [-0.2, -0.15) is 0 Å². The number of aromatic nitrogens is 1. The van der Waals surface area contributed by atoms with E-state index in [-0.39, 0.29) is 11.8 Å². The van der Waals surface area contributed by atoms with Crippen LogP contribution in [-0.2, 0) is 11.3 Å². The third-order valence-electron chi connectivity index (χ3n) is 6.90. The Bertz CT molecular complexity index is 1300. The Morgan fingerprint density at radius 1 is 0.951 bits per heavy atom. The second kappa shape index (κ2) is 17.0. The van der Waals surface area contributed by atoms with Gasteiger partial charge in [0, 0.05) is 49.0 Å². The molecule has 7 heteroatoms. The van der Waals surface area contributed by atoms with E-state index in [0.717, 1.165) is 56.7 Å². The summed E-state index contributed by atoms with van der Waals surface area (Å²) in [4.78, 5) is 30.7. The number of nitrogens with one attached hydrogen (secondary N) is 2. The quantitative estimate of drug-likeness (QED) is 0.255. The summed E-state index contributed by atoms with van der Waals surface area (Å²) in [7, 11) is 4.06. The highest BCUT2D eigenvalue weighted by Crippen LogP contribution is 2.18. The van der Waals surface area contributed by atoms with Crippen LogP contribution in [0.15, 0.2) is 91.1 Å². The van der Waals surface area contributed by atoms with E-state index in [0.29, 0.717) is 12.3 Å². The molecule has 1 aliphatic heterocycles. The average Bonchev–Trinajstić information content (AvgIpc) is 3.47. The van der Waals surface area contributed by atoms with E-state index in [4.69, 9.17) is 5.73 Å². The van der Waals surface area contributed by atoms with Crippen LogP contribution in [0.4, 0.5) is 5.69 Å². The smallest absolute Gasteiger partial charge is 0.253 e. The van der Waals surface area contributed by atoms with Gasteiger partial charge in [-0.25, -0.2) is 0 Å². The number of hydrogen-bond acceptors (Lipinski definition) is 4. The van der Waals surface area contributed by atoms with Crippen LogP contribution < -0.4 is 11.1 Å². The molecular formula is C34H45N5O2. The number of hydrogen-bond donors (Lipinski definition) is 3. The Hall–Kier alpha value is -3.94. The van der Waals surface area contributed by atoms with Gasteiger partial charge in [-0.1, -0.05) is 55.5 Å². The van der Waals surface area contributed by atoms with Crippen LogP contribution in [0.5, 0.6) is 0 Å². The van der Waals surface area contributed by atoms with Gasteiger partial charge in [0.25, 0.3) is 5.91 Å². The lowest BCUT2D eigenvalue weighted by Crippen LogP contribution is -2.40. The van der Waals surface area contributed by atoms with Gasteiger partial charge in [0.05, 0.1) is 0 Å². The fraction of sp³-hybridized carbons (Fsp3) is 0.353. The summed E-state index contributed by atoms with van der Waals surface area (Å²) in [5.41, 5.74) is 9.72. The molecule has 218 valence electrons. The molecule has 1 saturated heterocycles. The van der Waals surface area contributed by atoms with Gasteiger partial charge < -0.3 is 25.8 Å². The summed E-state index contributed by atoms with van der Waals surface area (Å²) < 4.78 is 0. The summed E-state index contributed by atoms with van der Waals surface area (Å²) in [6, 6.07) is 27.7. The molecule has 0 atom stereocenters. The molecule has 1 aromatic heterocycles. The highest BCUT2D eigenvalue weighted by atomic mass is 16.2. The first kappa shape index (κ1) is 31.6. The normalized spacial score (nSPS) is 13.1. The Balaban J connectivity index is 0.000000175. The van der Waals surface area contributed by atoms with Crippen molar-refractivity contribution in [3.8, 4) is 0 Å². The summed E-state index contributed by atoms with van der Waals surface area (Å²) in [6.45, 7) is 5.32. The van der Waals surface area contributed by atoms with Crippen molar-refractivity contribution in [1.29, 1.82) is 0 Å². The molecule has 4 N–H and O–H groups in total. The van der Waals surface area contributed by atoms with Crippen LogP contribution in [0, 0.1) is 5.92 Å². The molecule has 0 saturated carbocycles. The number of anilines is 1. The standard InChI is InChI=1S/C13H18N2O.C13H20N2O.C8H7N/c14-10-11-6-8-15(9-7-11)13(16)12-4-2-1-3-5-12;1-4-6-13(16)14-12-8-5-7-11(9-12)10-15(2)3;1-2-4-8-7(3-1)5-6-9-8/h1-5,11H,6-10,14H2;5,7-9H,4,6,10H2,1-3H3,(H,14,16);1-6,9H. The minimum Gasteiger partial charge on any atom is -0.361 e. The fourth-order valence-corrected chi connectivity index (χ4v) is 4.69. The molecule has 0 bridgehead atoms. The summed E-state index contributed by atoms with van der Waals surface area (Å²) in [5, 5.41) is 4.17. The van der Waals surface area contributed by atoms with Crippen molar-refractivity contribution in [2.75, 3.05) is 39.0 Å². The van der Waals surface area contributed by atoms with Crippen molar-refractivity contribution in [2.45, 2.75) is 39.2 Å². The van der Waals surface area contributed by atoms with Gasteiger partial charge in [-0.05, 0) is 93.2 Å². The first-order valence-electron chi connectivity index (χ1n) is 14.5. The van der Waals surface area contributed by atoms with Crippen LogP contribution in [0.3, 0.4) is 0 Å². The van der Waals surface area contributed by atoms with E-state index < -0.39 is 0 Å². The predicted octanol–water partition coefficient (Wildman–Crippen LogP) is 6.15. The molecule has 5 rings (SSSR count). The molecule has 4 aromatic rings. The third-order valence-corrected chi connectivity index (χ3v) is 6.90. The van der Waals surface area contributed by atoms with Crippen LogP contribution in [0.2, 0.25) is 0 Å². The maximum atomic E-state index is 12.1. The number of carbonyl (C=O) groups is 2. The zero-order chi connectivity index (χ0) is 29.5. The van der Waals surface area contributed by atoms with Crippen molar-refractivity contribution >= 4 is 28.4 Å². The first-order valence-corrected chi connectivity index (χ1v) is 14.5. The molecule has 1 aliphatic rings. The van der Waals surface area contributed by atoms with Crippen LogP contribution in [0.25, 0.3) is 10.9 Å². The monoisotopic (exact) mass is 555 g/mol. The second-order valence-electron chi connectivity index (χ2n) is 10.6. The van der Waals surface area contributed by atoms with E-state index in [1.165, 1.54) is 16.5 Å². The van der Waals surface area contributed by atoms with Crippen LogP contribution in [0.1, 0.15) is 48.5 Å². The maximum absolute atomic E-state index is 12.1. The molecule has 2 amide bonds. The van der Waals surface area contributed by atoms with E-state index in [9.17, 15) is 9.59 Å². The number of para-hydroxylation sites is 1. The highest BCUT2D eigenvalue weighted by molar-refractivity contribution is 5.94. The molecule has 0 aliphatic carbocycles. The van der Waals surface area contributed by atoms with Gasteiger partial charge in [-0.3, -0.25) is 9.59 Å². The molecule has 41 heavy (non-hydrogen) atoms. The molecule has 0 radical (unpaired) electrons. The number of carbonyl (C=O) groups excluding carboxylic acids is 2. The Morgan fingerprint density at radius 2 is 1.66 bits per heavy atom. The number of amides is 2. The maximum Gasteiger partial charge on any atom is 0.253 e. The minimum absolute atomic E-state index is 0.0875. The number of fused-ring (bicyclic) bond motifs is 1. The number of piperidine rings is 1. The fourth-order valence-electron chi connectivity index (χ4n) is 4.69. The van der Waals surface area contributed by atoms with Gasteiger partial charge in [0.2, 0.25) is 5.91 Å². The molecular weight excluding hydrogens is 510 g/mol. The van der Waals surface area contributed by atoms with Crippen molar-refractivity contribution in [2.24, 2.45) is 11.7 Å². The van der Waals surface area contributed by atoms with Crippen molar-refractivity contribution in [3.63, 3.8) is 0 Å². The molecule has 7 nitrogen and oxygen atoms in total. The van der Waals surface area contributed by atoms with Crippen molar-refractivity contribution in [1.82, 2.24) is 14.8 Å². The summed E-state index contributed by atoms with van der Waals surface area (Å²) in [5.74, 6) is 0.834. The van der Waals surface area contributed by atoms with E-state index in [1.807, 2.05) is 92.8 Å². The molecule has 0 spiro atoms. The average molecular weight is 556 g/mol. The number of H-pyrrole nitrogens is 1. The molecule has 0 unspecified atom stereocenters. The molecule has 2 heterocycles. The summed E-state index contributed by atoms with van der Waals surface area (Å²) in [6.07, 6.45) is 5.48. The number of aromatic amines is 1. The lowest BCUT2D eigenvalue weighted by atomic mass is 9.96. The Kier molecular flexibility index (Phi) is 13.1. The van der Waals surface area contributed by atoms with Gasteiger partial charge in [0.15, 0.2) is 0 Å². The van der Waals surface area contributed by atoms with Crippen LogP contribution >= 0.6 is 0 Å². The van der Waals surface area contributed by atoms with Gasteiger partial charge in [0.1, 0.15) is 0 Å². The predicted molar refractivity (Wildman–Crippen MR) is 170 cm³/mol. The zero-order valence-corrected chi connectivity index (χ0v) is 24.7. The van der Waals surface area contributed by atoms with E-state index in [1.54, 1.807) is 0 Å². The minimum atomic E-state index is 0.0875. The van der Waals surface area contributed by atoms with Crippen molar-refractivity contribution < 1.29 is 9.59 Å². The van der Waals surface area contributed by atoms with Gasteiger partial charge >= 0.3 is 0 Å². The summed E-state index contributed by atoms with van der Waals surface area (Å²) >= 11 is 0. The topological polar surface area (TPSA) is 94.5 Å². The van der Waals surface area contributed by atoms with E-state index >= 15 is 0 Å². The number of nitrogens with two attached hydrogens (primary N) is 1. The number of nitrogens with zero attached hydrogens (tertiary/aromatic N) is 2. The number of benzene rings is 3. The number of likely N-dealkylation sites (tertiary alicyclic amines) is 1. The largest absolute Gasteiger partial charge is 0.361 e. The molecule has 1 fully saturated rings. The molecule has 3 aromatic carbocycles. The zero-order valence-electron chi connectivity index (χ0n) is 24.7. The lowest BCUT2D eigenvalue weighted by Gasteiger charge is -2.31. The lowest BCUT2D eigenvalue weighted by molar-refractivity contribution is -0.116. The Labute approximate surface area is 244 Å². The van der Waals surface area contributed by atoms with Gasteiger partial charge in [-0.15, -0.1) is 0 Å². The van der Waals surface area contributed by atoms with Crippen molar-refractivity contribution in [3.05, 3.63) is 102 Å². The first-order chi connectivity index (χ1) is 19.9. The number of rotatable bonds is 7. The Morgan fingerprint density at radius 3 is 2.32 bits per heavy atom. The van der Waals surface area contributed by atoms with Crippen LogP contribution in [-0.4, -0.2) is 60.3 Å². The highest BCUT2D eigenvalue weighted by Gasteiger charge is 2.22.